The Labute approximate surface area is 167 Å². The number of aromatic nitrogens is 3. The van der Waals surface area contributed by atoms with Crippen LogP contribution in [0.2, 0.25) is 0 Å². The summed E-state index contributed by atoms with van der Waals surface area (Å²) in [6, 6.07) is 9.81. The summed E-state index contributed by atoms with van der Waals surface area (Å²) in [5.74, 6) is 1.39. The monoisotopic (exact) mass is 395 g/mol. The fourth-order valence-electron chi connectivity index (χ4n) is 3.78. The van der Waals surface area contributed by atoms with Crippen molar-refractivity contribution in [1.82, 2.24) is 20.1 Å². The summed E-state index contributed by atoms with van der Waals surface area (Å²) in [7, 11) is 0. The van der Waals surface area contributed by atoms with E-state index in [0.29, 0.717) is 24.1 Å². The van der Waals surface area contributed by atoms with Crippen LogP contribution in [0.1, 0.15) is 17.7 Å². The van der Waals surface area contributed by atoms with Gasteiger partial charge in [0.1, 0.15) is 5.52 Å². The Bertz CT molecular complexity index is 980. The van der Waals surface area contributed by atoms with Gasteiger partial charge in [-0.2, -0.15) is 5.10 Å². The predicted octanol–water partition coefficient (Wildman–Crippen LogP) is 2.55. The molecule has 1 aromatic carbocycles. The van der Waals surface area contributed by atoms with Crippen LogP contribution in [0.5, 0.6) is 0 Å². The highest BCUT2D eigenvalue weighted by molar-refractivity contribution is 7.99. The average molecular weight is 395 g/mol. The molecule has 0 saturated carbocycles. The van der Waals surface area contributed by atoms with Crippen LogP contribution in [0.4, 0.5) is 5.82 Å². The Balaban J connectivity index is 1.15. The lowest BCUT2D eigenvalue weighted by Crippen LogP contribution is -2.49. The van der Waals surface area contributed by atoms with Crippen LogP contribution in [-0.4, -0.2) is 57.9 Å². The van der Waals surface area contributed by atoms with Crippen molar-refractivity contribution < 1.29 is 9.21 Å². The average Bonchev–Trinajstić information content (AvgIpc) is 3.37. The van der Waals surface area contributed by atoms with Gasteiger partial charge in [-0.05, 0) is 43.0 Å². The maximum atomic E-state index is 12.6. The van der Waals surface area contributed by atoms with E-state index in [2.05, 4.69) is 26.1 Å². The molecule has 0 bridgehead atoms. The molecule has 7 nitrogen and oxygen atoms in total. The molecule has 5 rings (SSSR count). The number of carbonyl (C=O) groups excluding carboxylic acids is 1. The van der Waals surface area contributed by atoms with Gasteiger partial charge in [0.2, 0.25) is 5.91 Å². The Hall–Kier alpha value is -2.61. The summed E-state index contributed by atoms with van der Waals surface area (Å²) in [6.45, 7) is 2.97. The van der Waals surface area contributed by atoms with E-state index in [1.165, 1.54) is 23.7 Å². The third-order valence-electron chi connectivity index (χ3n) is 5.36. The van der Waals surface area contributed by atoms with E-state index in [1.807, 2.05) is 29.2 Å². The molecule has 8 heteroatoms. The van der Waals surface area contributed by atoms with Gasteiger partial charge >= 0.3 is 0 Å². The molecule has 2 aromatic heterocycles. The second-order valence-electron chi connectivity index (χ2n) is 7.13. The van der Waals surface area contributed by atoms with E-state index in [-0.39, 0.29) is 5.91 Å². The number of rotatable bonds is 4. The first-order valence-electron chi connectivity index (χ1n) is 9.63. The zero-order valence-corrected chi connectivity index (χ0v) is 16.3. The van der Waals surface area contributed by atoms with Gasteiger partial charge in [0, 0.05) is 26.2 Å². The van der Waals surface area contributed by atoms with E-state index < -0.39 is 0 Å². The Morgan fingerprint density at radius 1 is 1.11 bits per heavy atom. The van der Waals surface area contributed by atoms with Crippen LogP contribution >= 0.6 is 11.8 Å². The SMILES string of the molecule is O=C(CSc1nc2ccccc2o1)N1CCN(c2cc3c(nn2)CCC3)CC1. The number of hydrogen-bond donors (Lipinski definition) is 0. The predicted molar refractivity (Wildman–Crippen MR) is 108 cm³/mol. The standard InChI is InChI=1S/C20H21N5O2S/c26-19(13-28-20-21-16-5-1-2-7-17(16)27-20)25-10-8-24(9-11-25)18-12-14-4-3-6-15(14)22-23-18/h1-2,5,7,12H,3-4,6,8-11,13H2. The molecular formula is C20H21N5O2S. The van der Waals surface area contributed by atoms with Gasteiger partial charge in [-0.25, -0.2) is 4.98 Å². The minimum atomic E-state index is 0.118. The molecule has 0 atom stereocenters. The van der Waals surface area contributed by atoms with Crippen LogP contribution in [0.3, 0.4) is 0 Å². The van der Waals surface area contributed by atoms with Crippen LogP contribution in [0.25, 0.3) is 11.1 Å². The number of thioether (sulfide) groups is 1. The number of aryl methyl sites for hydroxylation is 2. The molecule has 0 radical (unpaired) electrons. The number of fused-ring (bicyclic) bond motifs is 2. The number of oxazole rings is 1. The van der Waals surface area contributed by atoms with Crippen LogP contribution in [-0.2, 0) is 17.6 Å². The minimum Gasteiger partial charge on any atom is -0.431 e. The number of para-hydroxylation sites is 2. The number of amides is 1. The third-order valence-corrected chi connectivity index (χ3v) is 6.17. The molecule has 1 fully saturated rings. The van der Waals surface area contributed by atoms with E-state index in [0.717, 1.165) is 48.5 Å². The molecule has 1 saturated heterocycles. The molecule has 1 aliphatic heterocycles. The summed E-state index contributed by atoms with van der Waals surface area (Å²) in [5, 5.41) is 9.31. The Kier molecular flexibility index (Phi) is 4.64. The van der Waals surface area contributed by atoms with Crippen molar-refractivity contribution in [2.45, 2.75) is 24.5 Å². The largest absolute Gasteiger partial charge is 0.431 e. The second-order valence-corrected chi connectivity index (χ2v) is 8.06. The summed E-state index contributed by atoms with van der Waals surface area (Å²) in [6.07, 6.45) is 3.32. The summed E-state index contributed by atoms with van der Waals surface area (Å²) >= 11 is 1.35. The highest BCUT2D eigenvalue weighted by Gasteiger charge is 2.24. The molecule has 0 N–H and O–H groups in total. The molecular weight excluding hydrogens is 374 g/mol. The lowest BCUT2D eigenvalue weighted by Gasteiger charge is -2.35. The van der Waals surface area contributed by atoms with E-state index in [9.17, 15) is 4.79 Å². The molecule has 0 spiro atoms. The van der Waals surface area contributed by atoms with Crippen molar-refractivity contribution in [3.05, 3.63) is 41.6 Å². The Morgan fingerprint density at radius 2 is 1.96 bits per heavy atom. The van der Waals surface area contributed by atoms with Gasteiger partial charge in [-0.3, -0.25) is 4.79 Å². The van der Waals surface area contributed by atoms with Crippen LogP contribution in [0, 0.1) is 0 Å². The van der Waals surface area contributed by atoms with Crippen molar-refractivity contribution in [3.8, 4) is 0 Å². The van der Waals surface area contributed by atoms with Gasteiger partial charge in [0.05, 0.1) is 11.4 Å². The summed E-state index contributed by atoms with van der Waals surface area (Å²) in [4.78, 5) is 21.1. The summed E-state index contributed by atoms with van der Waals surface area (Å²) < 4.78 is 5.67. The summed E-state index contributed by atoms with van der Waals surface area (Å²) in [5.41, 5.74) is 4.05. The molecule has 0 unspecified atom stereocenters. The first-order chi connectivity index (χ1) is 13.8. The zero-order valence-electron chi connectivity index (χ0n) is 15.5. The lowest BCUT2D eigenvalue weighted by atomic mass is 10.2. The van der Waals surface area contributed by atoms with Gasteiger partial charge < -0.3 is 14.2 Å². The van der Waals surface area contributed by atoms with Gasteiger partial charge in [-0.1, -0.05) is 23.9 Å². The van der Waals surface area contributed by atoms with Crippen molar-refractivity contribution in [2.24, 2.45) is 0 Å². The molecule has 1 aliphatic carbocycles. The van der Waals surface area contributed by atoms with E-state index >= 15 is 0 Å². The molecule has 3 heterocycles. The number of piperazine rings is 1. The second kappa shape index (κ2) is 7.43. The van der Waals surface area contributed by atoms with Crippen LogP contribution in [0.15, 0.2) is 40.0 Å². The number of hydrogen-bond acceptors (Lipinski definition) is 7. The van der Waals surface area contributed by atoms with E-state index in [4.69, 9.17) is 4.42 Å². The molecule has 1 amide bonds. The molecule has 3 aromatic rings. The maximum absolute atomic E-state index is 12.6. The first kappa shape index (κ1) is 17.5. The van der Waals surface area contributed by atoms with Gasteiger partial charge in [-0.15, -0.1) is 5.10 Å². The number of benzene rings is 1. The third kappa shape index (κ3) is 3.44. The highest BCUT2D eigenvalue weighted by Crippen LogP contribution is 2.25. The van der Waals surface area contributed by atoms with Crippen molar-refractivity contribution in [2.75, 3.05) is 36.8 Å². The van der Waals surface area contributed by atoms with Crippen molar-refractivity contribution in [1.29, 1.82) is 0 Å². The lowest BCUT2D eigenvalue weighted by molar-refractivity contribution is -0.128. The van der Waals surface area contributed by atoms with E-state index in [1.54, 1.807) is 0 Å². The Morgan fingerprint density at radius 3 is 2.82 bits per heavy atom. The fourth-order valence-corrected chi connectivity index (χ4v) is 4.53. The molecule has 2 aliphatic rings. The molecule has 144 valence electrons. The van der Waals surface area contributed by atoms with Gasteiger partial charge in [0.15, 0.2) is 11.4 Å². The highest BCUT2D eigenvalue weighted by atomic mass is 32.2. The maximum Gasteiger partial charge on any atom is 0.257 e. The van der Waals surface area contributed by atoms with Gasteiger partial charge in [0.25, 0.3) is 5.22 Å². The van der Waals surface area contributed by atoms with Crippen LogP contribution < -0.4 is 4.90 Å². The van der Waals surface area contributed by atoms with Crippen molar-refractivity contribution in [3.63, 3.8) is 0 Å². The van der Waals surface area contributed by atoms with Crippen molar-refractivity contribution >= 4 is 34.6 Å². The zero-order chi connectivity index (χ0) is 18.9. The normalized spacial score (nSPS) is 16.6. The number of anilines is 1. The quantitative estimate of drug-likeness (QED) is 0.629. The topological polar surface area (TPSA) is 75.4 Å². The minimum absolute atomic E-state index is 0.118. The number of carbonyl (C=O) groups is 1. The molecule has 28 heavy (non-hydrogen) atoms. The number of nitrogens with zero attached hydrogens (tertiary/aromatic N) is 5. The first-order valence-corrected chi connectivity index (χ1v) is 10.6. The smallest absolute Gasteiger partial charge is 0.257 e. The fraction of sp³-hybridized carbons (Fsp3) is 0.400.